The first-order chi connectivity index (χ1) is 14.6. The van der Waals surface area contributed by atoms with Gasteiger partial charge in [0.25, 0.3) is 5.92 Å². The first-order valence-corrected chi connectivity index (χ1v) is 9.46. The highest BCUT2D eigenvalue weighted by atomic mass is 19.4. The first-order valence-electron chi connectivity index (χ1n) is 9.46. The average molecular weight is 444 g/mol. The quantitative estimate of drug-likeness (QED) is 0.583. The number of piperidine rings is 1. The van der Waals surface area contributed by atoms with Gasteiger partial charge in [0.2, 0.25) is 0 Å². The number of rotatable bonds is 5. The number of alkyl halides is 6. The van der Waals surface area contributed by atoms with Crippen molar-refractivity contribution in [1.82, 2.24) is 25.1 Å². The third kappa shape index (κ3) is 4.58. The summed E-state index contributed by atoms with van der Waals surface area (Å²) in [6.07, 6.45) is -3.00. The minimum Gasteiger partial charge on any atom is -0.364 e. The van der Waals surface area contributed by atoms with E-state index in [1.165, 1.54) is 17.4 Å². The molecule has 3 heterocycles. The van der Waals surface area contributed by atoms with Gasteiger partial charge >= 0.3 is 6.18 Å². The molecule has 2 aromatic heterocycles. The maximum Gasteiger partial charge on any atom is 0.416 e. The number of anilines is 1. The minimum atomic E-state index is -4.60. The minimum absolute atomic E-state index is 0.188. The Morgan fingerprint density at radius 3 is 2.45 bits per heavy atom. The fraction of sp³-hybridized carbons (Fsp3) is 0.421. The number of aromatic amines is 1. The second kappa shape index (κ2) is 7.98. The molecule has 1 aliphatic heterocycles. The van der Waals surface area contributed by atoms with E-state index in [1.54, 1.807) is 0 Å². The Morgan fingerprint density at radius 1 is 1.06 bits per heavy atom. The van der Waals surface area contributed by atoms with Crippen molar-refractivity contribution in [2.24, 2.45) is 0 Å². The van der Waals surface area contributed by atoms with Crippen molar-refractivity contribution in [3.05, 3.63) is 47.9 Å². The molecule has 0 bridgehead atoms. The Bertz CT molecular complexity index is 1030. The van der Waals surface area contributed by atoms with Crippen LogP contribution in [0.2, 0.25) is 0 Å². The van der Waals surface area contributed by atoms with Gasteiger partial charge < -0.3 is 5.32 Å². The van der Waals surface area contributed by atoms with Gasteiger partial charge in [-0.2, -0.15) is 27.1 Å². The van der Waals surface area contributed by atoms with Gasteiger partial charge in [-0.3, -0.25) is 10.00 Å². The number of hydrogen-bond donors (Lipinski definition) is 2. The monoisotopic (exact) mass is 444 g/mol. The molecule has 0 unspecified atom stereocenters. The van der Waals surface area contributed by atoms with Crippen LogP contribution in [0, 0.1) is 0 Å². The standard InChI is InChI=1S/C19H18F6N6/c20-14-8-31(9-18(21,22)11-1-3-12(4-2-11)19(23,24)25)6-5-15(14)29-16-13-7-28-30-17(13)27-10-26-16/h1-4,7,10,14-15H,5-6,8-9H2,(H2,26,27,28,29,30)/t14-,15+/m0/s1. The van der Waals surface area contributed by atoms with E-state index in [0.29, 0.717) is 29.0 Å². The highest BCUT2D eigenvalue weighted by molar-refractivity contribution is 5.85. The van der Waals surface area contributed by atoms with Crippen LogP contribution in [-0.2, 0) is 12.1 Å². The third-order valence-electron chi connectivity index (χ3n) is 5.25. The summed E-state index contributed by atoms with van der Waals surface area (Å²) in [6.45, 7) is -0.841. The van der Waals surface area contributed by atoms with Gasteiger partial charge in [0, 0.05) is 18.7 Å². The molecule has 4 rings (SSSR count). The summed E-state index contributed by atoms with van der Waals surface area (Å²) in [7, 11) is 0. The molecule has 0 amide bonds. The number of likely N-dealkylation sites (tertiary alicyclic amines) is 1. The van der Waals surface area contributed by atoms with Crippen LogP contribution in [0.15, 0.2) is 36.8 Å². The number of nitrogens with one attached hydrogen (secondary N) is 2. The number of halogens is 6. The van der Waals surface area contributed by atoms with Crippen LogP contribution in [-0.4, -0.2) is 56.9 Å². The fourth-order valence-corrected chi connectivity index (χ4v) is 3.60. The van der Waals surface area contributed by atoms with E-state index in [1.807, 2.05) is 0 Å². The van der Waals surface area contributed by atoms with E-state index < -0.39 is 42.0 Å². The van der Waals surface area contributed by atoms with E-state index in [-0.39, 0.29) is 19.5 Å². The lowest BCUT2D eigenvalue weighted by Crippen LogP contribution is -2.50. The molecule has 31 heavy (non-hydrogen) atoms. The molecule has 166 valence electrons. The zero-order valence-corrected chi connectivity index (χ0v) is 16.0. The van der Waals surface area contributed by atoms with Crippen molar-refractivity contribution in [2.75, 3.05) is 25.0 Å². The molecule has 12 heteroatoms. The van der Waals surface area contributed by atoms with Gasteiger partial charge in [0.15, 0.2) is 5.65 Å². The maximum absolute atomic E-state index is 14.7. The van der Waals surface area contributed by atoms with E-state index in [4.69, 9.17) is 0 Å². The Balaban J connectivity index is 1.38. The van der Waals surface area contributed by atoms with Crippen molar-refractivity contribution in [2.45, 2.75) is 30.7 Å². The van der Waals surface area contributed by atoms with Gasteiger partial charge in [-0.25, -0.2) is 14.4 Å². The van der Waals surface area contributed by atoms with Crippen LogP contribution in [0.1, 0.15) is 17.5 Å². The second-order valence-electron chi connectivity index (χ2n) is 7.42. The number of H-pyrrole nitrogens is 1. The third-order valence-corrected chi connectivity index (χ3v) is 5.25. The zero-order valence-electron chi connectivity index (χ0n) is 16.0. The summed E-state index contributed by atoms with van der Waals surface area (Å²) < 4.78 is 81.8. The largest absolute Gasteiger partial charge is 0.416 e. The molecular weight excluding hydrogens is 426 g/mol. The molecular formula is C19H18F6N6. The number of hydrogen-bond acceptors (Lipinski definition) is 5. The second-order valence-corrected chi connectivity index (χ2v) is 7.42. The summed E-state index contributed by atoms with van der Waals surface area (Å²) in [5, 5.41) is 10.1. The maximum atomic E-state index is 14.7. The lowest BCUT2D eigenvalue weighted by molar-refractivity contribution is -0.137. The lowest BCUT2D eigenvalue weighted by Gasteiger charge is -2.37. The van der Waals surface area contributed by atoms with Gasteiger partial charge in [0.1, 0.15) is 18.3 Å². The number of benzene rings is 1. The molecule has 2 N–H and O–H groups in total. The van der Waals surface area contributed by atoms with E-state index in [9.17, 15) is 26.3 Å². The van der Waals surface area contributed by atoms with Crippen molar-refractivity contribution in [3.8, 4) is 0 Å². The first kappa shape index (κ1) is 21.3. The van der Waals surface area contributed by atoms with Crippen molar-refractivity contribution in [3.63, 3.8) is 0 Å². The van der Waals surface area contributed by atoms with Crippen LogP contribution < -0.4 is 5.32 Å². The molecule has 1 aromatic carbocycles. The van der Waals surface area contributed by atoms with Crippen LogP contribution in [0.4, 0.5) is 32.2 Å². The SMILES string of the molecule is F[C@H]1CN(CC(F)(F)c2ccc(C(F)(F)F)cc2)CC[C@H]1Nc1ncnc2[nH]ncc12. The smallest absolute Gasteiger partial charge is 0.364 e. The number of fused-ring (bicyclic) bond motifs is 1. The summed E-state index contributed by atoms with van der Waals surface area (Å²) >= 11 is 0. The molecule has 2 atom stereocenters. The molecule has 1 aliphatic rings. The lowest BCUT2D eigenvalue weighted by atomic mass is 10.0. The van der Waals surface area contributed by atoms with Crippen molar-refractivity contribution in [1.29, 1.82) is 0 Å². The van der Waals surface area contributed by atoms with Gasteiger partial charge in [0.05, 0.1) is 29.7 Å². The molecule has 3 aromatic rings. The predicted molar refractivity (Wildman–Crippen MR) is 100 cm³/mol. The number of aromatic nitrogens is 4. The van der Waals surface area contributed by atoms with E-state index in [2.05, 4.69) is 25.5 Å². The van der Waals surface area contributed by atoms with Gasteiger partial charge in [-0.15, -0.1) is 0 Å². The molecule has 0 radical (unpaired) electrons. The van der Waals surface area contributed by atoms with Crippen LogP contribution in [0.5, 0.6) is 0 Å². The topological polar surface area (TPSA) is 69.7 Å². The summed E-state index contributed by atoms with van der Waals surface area (Å²) in [5.41, 5.74) is -1.06. The average Bonchev–Trinajstić information content (AvgIpc) is 3.19. The highest BCUT2D eigenvalue weighted by Gasteiger charge is 2.39. The van der Waals surface area contributed by atoms with Crippen molar-refractivity contribution < 1.29 is 26.3 Å². The van der Waals surface area contributed by atoms with Crippen LogP contribution in [0.25, 0.3) is 11.0 Å². The molecule has 0 saturated carbocycles. The summed E-state index contributed by atoms with van der Waals surface area (Å²) in [4.78, 5) is 9.36. The van der Waals surface area contributed by atoms with E-state index in [0.717, 1.165) is 12.1 Å². The van der Waals surface area contributed by atoms with Crippen LogP contribution in [0.3, 0.4) is 0 Å². The summed E-state index contributed by atoms with van der Waals surface area (Å²) in [6, 6.07) is 2.12. The zero-order chi connectivity index (χ0) is 22.2. The molecule has 6 nitrogen and oxygen atoms in total. The molecule has 1 fully saturated rings. The predicted octanol–water partition coefficient (Wildman–Crippen LogP) is 3.99. The Labute approximate surface area is 172 Å². The molecule has 1 saturated heterocycles. The van der Waals surface area contributed by atoms with E-state index >= 15 is 0 Å². The Hall–Kier alpha value is -2.89. The van der Waals surface area contributed by atoms with Gasteiger partial charge in [-0.05, 0) is 18.6 Å². The Kier molecular flexibility index (Phi) is 5.50. The molecule has 0 spiro atoms. The van der Waals surface area contributed by atoms with Crippen LogP contribution >= 0.6 is 0 Å². The Morgan fingerprint density at radius 2 is 1.77 bits per heavy atom. The fourth-order valence-electron chi connectivity index (χ4n) is 3.60. The normalized spacial score (nSPS) is 20.8. The highest BCUT2D eigenvalue weighted by Crippen LogP contribution is 2.34. The molecule has 0 aliphatic carbocycles. The summed E-state index contributed by atoms with van der Waals surface area (Å²) in [5.74, 6) is -3.02. The van der Waals surface area contributed by atoms with Crippen molar-refractivity contribution >= 4 is 16.9 Å². The number of nitrogens with zero attached hydrogens (tertiary/aromatic N) is 4. The van der Waals surface area contributed by atoms with Gasteiger partial charge in [-0.1, -0.05) is 12.1 Å².